The van der Waals surface area contributed by atoms with E-state index in [0.29, 0.717) is 22.4 Å². The van der Waals surface area contributed by atoms with Crippen molar-refractivity contribution in [3.8, 4) is 0 Å². The van der Waals surface area contributed by atoms with E-state index in [0.717, 1.165) is 0 Å². The summed E-state index contributed by atoms with van der Waals surface area (Å²) in [4.78, 5) is 18.6. The molecular weight excluding hydrogens is 343 g/mol. The number of hydrogen-bond donors (Lipinski definition) is 1. The van der Waals surface area contributed by atoms with Gasteiger partial charge in [0.05, 0.1) is 18.3 Å². The third kappa shape index (κ3) is 3.08. The number of halogens is 1. The largest absolute Gasteiger partial charge is 0.503 e. The fraction of sp³-hybridized carbons (Fsp3) is 0.0909. The predicted octanol–water partition coefficient (Wildman–Crippen LogP) is 4.27. The van der Waals surface area contributed by atoms with Gasteiger partial charge in [0.2, 0.25) is 0 Å². The fourth-order valence-electron chi connectivity index (χ4n) is 3.42. The van der Waals surface area contributed by atoms with Crippen LogP contribution in [-0.2, 0) is 11.3 Å². The van der Waals surface area contributed by atoms with E-state index in [4.69, 9.17) is 0 Å². The van der Waals surface area contributed by atoms with Gasteiger partial charge in [-0.1, -0.05) is 54.6 Å². The number of carbonyl (C=O) groups excluding carboxylic acids is 1. The van der Waals surface area contributed by atoms with Crippen molar-refractivity contribution in [2.45, 2.75) is 12.6 Å². The van der Waals surface area contributed by atoms with Crippen LogP contribution in [0, 0.1) is 5.82 Å². The van der Waals surface area contributed by atoms with Gasteiger partial charge in [-0.05, 0) is 23.8 Å². The van der Waals surface area contributed by atoms with E-state index in [-0.39, 0.29) is 12.3 Å². The standard InChI is InChI=1S/C22H17FN2O2/c23-18-12-5-4-11-17(18)20-19(15-8-2-1-3-9-15)21(26)22(27)25(20)14-16-10-6-7-13-24-16/h1-13,20,26H,14H2/t20-/m0/s1. The number of hydrogen-bond acceptors (Lipinski definition) is 3. The lowest BCUT2D eigenvalue weighted by Gasteiger charge is -2.27. The van der Waals surface area contributed by atoms with E-state index in [1.165, 1.54) is 11.0 Å². The molecule has 1 N–H and O–H groups in total. The Morgan fingerprint density at radius 1 is 0.963 bits per heavy atom. The first-order valence-corrected chi connectivity index (χ1v) is 8.60. The molecule has 4 nitrogen and oxygen atoms in total. The molecule has 0 saturated carbocycles. The van der Waals surface area contributed by atoms with E-state index in [1.54, 1.807) is 48.7 Å². The molecule has 5 heteroatoms. The van der Waals surface area contributed by atoms with Crippen LogP contribution in [0.4, 0.5) is 4.39 Å². The van der Waals surface area contributed by atoms with Crippen molar-refractivity contribution in [2.75, 3.05) is 0 Å². The summed E-state index contributed by atoms with van der Waals surface area (Å²) >= 11 is 0. The van der Waals surface area contributed by atoms with Crippen LogP contribution >= 0.6 is 0 Å². The average molecular weight is 360 g/mol. The maximum absolute atomic E-state index is 14.6. The number of aromatic nitrogens is 1. The van der Waals surface area contributed by atoms with Gasteiger partial charge in [0, 0.05) is 17.3 Å². The Hall–Kier alpha value is -3.47. The highest BCUT2D eigenvalue weighted by Crippen LogP contribution is 2.44. The number of pyridine rings is 1. The first-order valence-electron chi connectivity index (χ1n) is 8.60. The van der Waals surface area contributed by atoms with Crippen molar-refractivity contribution < 1.29 is 14.3 Å². The van der Waals surface area contributed by atoms with Crippen LogP contribution in [0.5, 0.6) is 0 Å². The van der Waals surface area contributed by atoms with Gasteiger partial charge in [-0.15, -0.1) is 0 Å². The van der Waals surface area contributed by atoms with Crippen molar-refractivity contribution in [3.05, 3.63) is 107 Å². The Kier molecular flexibility index (Phi) is 4.42. The molecule has 1 atom stereocenters. The van der Waals surface area contributed by atoms with Gasteiger partial charge in [-0.25, -0.2) is 4.39 Å². The number of carbonyl (C=O) groups is 1. The summed E-state index contributed by atoms with van der Waals surface area (Å²) in [6.45, 7) is 0.166. The Labute approximate surface area is 156 Å². The minimum atomic E-state index is -0.733. The molecule has 0 spiro atoms. The summed E-state index contributed by atoms with van der Waals surface area (Å²) in [6, 6.07) is 20.1. The van der Waals surface area contributed by atoms with Gasteiger partial charge < -0.3 is 10.0 Å². The van der Waals surface area contributed by atoms with Gasteiger partial charge in [0.15, 0.2) is 5.76 Å². The van der Waals surface area contributed by atoms with Crippen molar-refractivity contribution in [1.29, 1.82) is 0 Å². The van der Waals surface area contributed by atoms with E-state index in [9.17, 15) is 14.3 Å². The number of aliphatic hydroxyl groups excluding tert-OH is 1. The number of rotatable bonds is 4. The lowest BCUT2D eigenvalue weighted by molar-refractivity contribution is -0.130. The fourth-order valence-corrected chi connectivity index (χ4v) is 3.42. The van der Waals surface area contributed by atoms with Crippen molar-refractivity contribution >= 4 is 11.5 Å². The minimum Gasteiger partial charge on any atom is -0.503 e. The first-order chi connectivity index (χ1) is 13.2. The number of benzene rings is 2. The summed E-state index contributed by atoms with van der Waals surface area (Å²) < 4.78 is 14.6. The molecule has 4 rings (SSSR count). The second-order valence-electron chi connectivity index (χ2n) is 6.31. The summed E-state index contributed by atoms with van der Waals surface area (Å²) in [7, 11) is 0. The van der Waals surface area contributed by atoms with E-state index in [2.05, 4.69) is 4.98 Å². The maximum Gasteiger partial charge on any atom is 0.290 e. The predicted molar refractivity (Wildman–Crippen MR) is 99.9 cm³/mol. The Balaban J connectivity index is 1.85. The number of aliphatic hydroxyl groups is 1. The number of nitrogens with zero attached hydrogens (tertiary/aromatic N) is 2. The monoisotopic (exact) mass is 360 g/mol. The average Bonchev–Trinajstić information content (AvgIpc) is 2.95. The molecule has 0 saturated heterocycles. The molecule has 1 amide bonds. The van der Waals surface area contributed by atoms with Gasteiger partial charge in [-0.2, -0.15) is 0 Å². The lowest BCUT2D eigenvalue weighted by atomic mass is 9.93. The Morgan fingerprint density at radius 2 is 1.67 bits per heavy atom. The second-order valence-corrected chi connectivity index (χ2v) is 6.31. The topological polar surface area (TPSA) is 53.4 Å². The summed E-state index contributed by atoms with van der Waals surface area (Å²) in [5, 5.41) is 10.6. The molecule has 1 aromatic heterocycles. The molecule has 3 aromatic rings. The van der Waals surface area contributed by atoms with Crippen molar-refractivity contribution in [1.82, 2.24) is 9.88 Å². The van der Waals surface area contributed by atoms with Gasteiger partial charge in [0.1, 0.15) is 5.82 Å². The molecule has 0 fully saturated rings. The van der Waals surface area contributed by atoms with Crippen LogP contribution in [0.1, 0.15) is 22.9 Å². The molecule has 2 aromatic carbocycles. The van der Waals surface area contributed by atoms with Crippen molar-refractivity contribution in [3.63, 3.8) is 0 Å². The Morgan fingerprint density at radius 3 is 2.37 bits per heavy atom. The van der Waals surface area contributed by atoms with E-state index < -0.39 is 17.8 Å². The highest BCUT2D eigenvalue weighted by atomic mass is 19.1. The SMILES string of the molecule is O=C1C(O)=C(c2ccccc2)[C@H](c2ccccc2F)N1Cc1ccccn1. The molecule has 134 valence electrons. The number of amides is 1. The van der Waals surface area contributed by atoms with E-state index in [1.807, 2.05) is 24.3 Å². The van der Waals surface area contributed by atoms with Crippen LogP contribution in [0.15, 0.2) is 84.8 Å². The van der Waals surface area contributed by atoms with Crippen LogP contribution < -0.4 is 0 Å². The molecule has 1 aliphatic heterocycles. The van der Waals surface area contributed by atoms with Crippen LogP contribution in [0.2, 0.25) is 0 Å². The normalized spacial score (nSPS) is 16.9. The molecule has 0 unspecified atom stereocenters. The molecule has 0 bridgehead atoms. The molecule has 2 heterocycles. The highest BCUT2D eigenvalue weighted by molar-refractivity contribution is 6.05. The second kappa shape index (κ2) is 7.03. The third-order valence-corrected chi connectivity index (χ3v) is 4.65. The highest BCUT2D eigenvalue weighted by Gasteiger charge is 2.42. The van der Waals surface area contributed by atoms with Crippen LogP contribution in [-0.4, -0.2) is 20.9 Å². The Bertz CT molecular complexity index is 1000. The lowest BCUT2D eigenvalue weighted by Crippen LogP contribution is -2.30. The van der Waals surface area contributed by atoms with Crippen molar-refractivity contribution in [2.24, 2.45) is 0 Å². The third-order valence-electron chi connectivity index (χ3n) is 4.65. The smallest absolute Gasteiger partial charge is 0.290 e. The molecule has 27 heavy (non-hydrogen) atoms. The van der Waals surface area contributed by atoms with Gasteiger partial charge in [-0.3, -0.25) is 9.78 Å². The summed E-state index contributed by atoms with van der Waals surface area (Å²) in [6.07, 6.45) is 1.64. The molecule has 0 radical (unpaired) electrons. The molecule has 0 aliphatic carbocycles. The maximum atomic E-state index is 14.6. The minimum absolute atomic E-state index is 0.166. The molecular formula is C22H17FN2O2. The zero-order chi connectivity index (χ0) is 18.8. The molecule has 1 aliphatic rings. The quantitative estimate of drug-likeness (QED) is 0.756. The zero-order valence-electron chi connectivity index (χ0n) is 14.4. The first kappa shape index (κ1) is 17.0. The van der Waals surface area contributed by atoms with Crippen LogP contribution in [0.3, 0.4) is 0 Å². The zero-order valence-corrected chi connectivity index (χ0v) is 14.4. The van der Waals surface area contributed by atoms with E-state index >= 15 is 0 Å². The summed E-state index contributed by atoms with van der Waals surface area (Å²) in [5.41, 5.74) is 2.08. The van der Waals surface area contributed by atoms with Gasteiger partial charge in [0.25, 0.3) is 5.91 Å². The van der Waals surface area contributed by atoms with Gasteiger partial charge >= 0.3 is 0 Å². The van der Waals surface area contributed by atoms with Crippen LogP contribution in [0.25, 0.3) is 5.57 Å². The summed E-state index contributed by atoms with van der Waals surface area (Å²) in [5.74, 6) is -1.32.